The molecule has 0 bridgehead atoms. The summed E-state index contributed by atoms with van der Waals surface area (Å²) >= 11 is 0. The van der Waals surface area contributed by atoms with Crippen LogP contribution < -0.4 is 0 Å². The van der Waals surface area contributed by atoms with Crippen molar-refractivity contribution < 1.29 is 0 Å². The highest BCUT2D eigenvalue weighted by molar-refractivity contribution is 6.09. The molecule has 0 aliphatic heterocycles. The monoisotopic (exact) mass is 800 g/mol. The lowest BCUT2D eigenvalue weighted by molar-refractivity contribution is 0.768. The molecular weight excluding hydrogens is 761 g/mol. The van der Waals surface area contributed by atoms with Crippen LogP contribution in [0.15, 0.2) is 243 Å². The molecular formula is C61H40N2. The molecule has 0 saturated carbocycles. The van der Waals surface area contributed by atoms with Crippen LogP contribution in [0.25, 0.3) is 88.8 Å². The average molecular weight is 801 g/mol. The highest BCUT2D eigenvalue weighted by atomic mass is 14.9. The summed E-state index contributed by atoms with van der Waals surface area (Å²) in [5.41, 5.74) is 16.8. The van der Waals surface area contributed by atoms with Gasteiger partial charge in [-0.25, -0.2) is 9.97 Å². The van der Waals surface area contributed by atoms with Gasteiger partial charge in [0.2, 0.25) is 0 Å². The van der Waals surface area contributed by atoms with Gasteiger partial charge in [-0.15, -0.1) is 0 Å². The molecule has 1 heterocycles. The molecule has 2 heteroatoms. The summed E-state index contributed by atoms with van der Waals surface area (Å²) in [5, 5.41) is 4.67. The molecule has 1 aliphatic rings. The van der Waals surface area contributed by atoms with E-state index in [2.05, 4.69) is 237 Å². The zero-order chi connectivity index (χ0) is 41.7. The van der Waals surface area contributed by atoms with Gasteiger partial charge in [-0.2, -0.15) is 0 Å². The molecule has 1 aliphatic carbocycles. The molecule has 0 N–H and O–H groups in total. The Morgan fingerprint density at radius 3 is 1.46 bits per heavy atom. The standard InChI is InChI=1S/C61H40N2/c1-5-20-41(21-6-1)46-33-17-24-42-25-18-35-53(58(42)46)57-40-56(62-60(63-57)43-22-7-2-8-23-43)50-39-38-49(47-30-13-14-31-48(47)50)51-34-19-37-55-59(51)52-32-15-16-36-54(52)61(55,44-26-9-3-10-27-44)45-28-11-4-12-29-45/h1-40H. The molecule has 294 valence electrons. The summed E-state index contributed by atoms with van der Waals surface area (Å²) in [4.78, 5) is 10.7. The van der Waals surface area contributed by atoms with Crippen LogP contribution >= 0.6 is 0 Å². The Morgan fingerprint density at radius 1 is 0.302 bits per heavy atom. The third kappa shape index (κ3) is 5.87. The van der Waals surface area contributed by atoms with Gasteiger partial charge < -0.3 is 0 Å². The topological polar surface area (TPSA) is 25.8 Å². The first kappa shape index (κ1) is 36.6. The molecule has 0 amide bonds. The summed E-state index contributed by atoms with van der Waals surface area (Å²) in [7, 11) is 0. The highest BCUT2D eigenvalue weighted by Crippen LogP contribution is 2.58. The second kappa shape index (κ2) is 15.1. The third-order valence-electron chi connectivity index (χ3n) is 13.0. The molecule has 11 aromatic rings. The number of rotatable bonds is 7. The van der Waals surface area contributed by atoms with E-state index in [0.29, 0.717) is 5.82 Å². The quantitative estimate of drug-likeness (QED) is 0.160. The van der Waals surface area contributed by atoms with Gasteiger partial charge in [0, 0.05) is 16.7 Å². The van der Waals surface area contributed by atoms with Crippen LogP contribution in [0.5, 0.6) is 0 Å². The molecule has 0 spiro atoms. The number of nitrogens with zero attached hydrogens (tertiary/aromatic N) is 2. The Hall–Kier alpha value is -8.20. The van der Waals surface area contributed by atoms with Crippen LogP contribution in [0.1, 0.15) is 22.3 Å². The summed E-state index contributed by atoms with van der Waals surface area (Å²) in [6, 6.07) is 87.7. The van der Waals surface area contributed by atoms with E-state index in [1.54, 1.807) is 0 Å². The van der Waals surface area contributed by atoms with Crippen LogP contribution in [0.4, 0.5) is 0 Å². The molecule has 10 aromatic carbocycles. The number of benzene rings is 10. The first-order valence-electron chi connectivity index (χ1n) is 21.7. The maximum atomic E-state index is 5.38. The van der Waals surface area contributed by atoms with E-state index >= 15 is 0 Å². The smallest absolute Gasteiger partial charge is 0.160 e. The van der Waals surface area contributed by atoms with Gasteiger partial charge in [0.05, 0.1) is 16.8 Å². The van der Waals surface area contributed by atoms with E-state index in [1.807, 2.05) is 6.07 Å². The fraction of sp³-hybridized carbons (Fsp3) is 0.0164. The summed E-state index contributed by atoms with van der Waals surface area (Å²) in [6.45, 7) is 0. The molecule has 12 rings (SSSR count). The van der Waals surface area contributed by atoms with Crippen molar-refractivity contribution in [1.82, 2.24) is 9.97 Å². The lowest BCUT2D eigenvalue weighted by Gasteiger charge is -2.34. The van der Waals surface area contributed by atoms with Gasteiger partial charge in [0.15, 0.2) is 5.82 Å². The van der Waals surface area contributed by atoms with E-state index in [0.717, 1.165) is 33.5 Å². The molecule has 0 fully saturated rings. The fourth-order valence-electron chi connectivity index (χ4n) is 10.3. The molecule has 2 nitrogen and oxygen atoms in total. The number of aromatic nitrogens is 2. The third-order valence-corrected chi connectivity index (χ3v) is 13.0. The summed E-state index contributed by atoms with van der Waals surface area (Å²) < 4.78 is 0. The first-order valence-corrected chi connectivity index (χ1v) is 21.7. The van der Waals surface area contributed by atoms with E-state index in [-0.39, 0.29) is 0 Å². The van der Waals surface area contributed by atoms with Gasteiger partial charge in [0.25, 0.3) is 0 Å². The lowest BCUT2D eigenvalue weighted by Crippen LogP contribution is -2.28. The summed E-state index contributed by atoms with van der Waals surface area (Å²) in [5.74, 6) is 0.695. The highest BCUT2D eigenvalue weighted by Gasteiger charge is 2.46. The lowest BCUT2D eigenvalue weighted by atomic mass is 9.67. The van der Waals surface area contributed by atoms with Crippen molar-refractivity contribution in [3.8, 4) is 67.3 Å². The number of hydrogen-bond acceptors (Lipinski definition) is 2. The Balaban J connectivity index is 1.09. The van der Waals surface area contributed by atoms with Crippen LogP contribution in [0.3, 0.4) is 0 Å². The molecule has 0 radical (unpaired) electrons. The number of hydrogen-bond donors (Lipinski definition) is 0. The SMILES string of the molecule is c1ccc(-c2nc(-c3ccc(-c4cccc5c4-c4ccccc4C5(c4ccccc4)c4ccccc4)c4ccccc34)cc(-c3cccc4cccc(-c5ccccc5)c34)n2)cc1. The van der Waals surface area contributed by atoms with Crippen molar-refractivity contribution in [3.63, 3.8) is 0 Å². The van der Waals surface area contributed by atoms with Crippen molar-refractivity contribution in [1.29, 1.82) is 0 Å². The number of fused-ring (bicyclic) bond motifs is 5. The second-order valence-corrected chi connectivity index (χ2v) is 16.4. The second-order valence-electron chi connectivity index (χ2n) is 16.4. The van der Waals surface area contributed by atoms with Gasteiger partial charge in [0.1, 0.15) is 0 Å². The van der Waals surface area contributed by atoms with E-state index < -0.39 is 5.41 Å². The Kier molecular flexibility index (Phi) is 8.76. The normalized spacial score (nSPS) is 12.6. The predicted molar refractivity (Wildman–Crippen MR) is 262 cm³/mol. The maximum Gasteiger partial charge on any atom is 0.160 e. The molecule has 63 heavy (non-hydrogen) atoms. The van der Waals surface area contributed by atoms with Crippen molar-refractivity contribution in [2.75, 3.05) is 0 Å². The van der Waals surface area contributed by atoms with Crippen LogP contribution in [0, 0.1) is 0 Å². The van der Waals surface area contributed by atoms with Crippen molar-refractivity contribution in [2.45, 2.75) is 5.41 Å². The Bertz CT molecular complexity index is 3440. The zero-order valence-corrected chi connectivity index (χ0v) is 34.5. The van der Waals surface area contributed by atoms with Crippen molar-refractivity contribution >= 4 is 21.5 Å². The van der Waals surface area contributed by atoms with Gasteiger partial charge in [-0.05, 0) is 83.2 Å². The average Bonchev–Trinajstić information content (AvgIpc) is 3.68. The van der Waals surface area contributed by atoms with Crippen LogP contribution in [0.2, 0.25) is 0 Å². The van der Waals surface area contributed by atoms with Crippen LogP contribution in [-0.4, -0.2) is 9.97 Å². The minimum absolute atomic E-state index is 0.479. The Morgan fingerprint density at radius 2 is 0.778 bits per heavy atom. The first-order chi connectivity index (χ1) is 31.3. The Labute approximate surface area is 367 Å². The van der Waals surface area contributed by atoms with E-state index in [1.165, 1.54) is 71.8 Å². The van der Waals surface area contributed by atoms with Crippen molar-refractivity contribution in [3.05, 3.63) is 265 Å². The minimum atomic E-state index is -0.479. The maximum absolute atomic E-state index is 5.38. The van der Waals surface area contributed by atoms with E-state index in [4.69, 9.17) is 9.97 Å². The van der Waals surface area contributed by atoms with Gasteiger partial charge in [-0.3, -0.25) is 0 Å². The van der Waals surface area contributed by atoms with E-state index in [9.17, 15) is 0 Å². The molecule has 0 unspecified atom stereocenters. The van der Waals surface area contributed by atoms with Gasteiger partial charge in [-0.1, -0.05) is 237 Å². The predicted octanol–water partition coefficient (Wildman–Crippen LogP) is 15.5. The van der Waals surface area contributed by atoms with Gasteiger partial charge >= 0.3 is 0 Å². The van der Waals surface area contributed by atoms with Crippen LogP contribution in [-0.2, 0) is 5.41 Å². The molecule has 0 atom stereocenters. The molecule has 1 aromatic heterocycles. The minimum Gasteiger partial charge on any atom is -0.228 e. The fourth-order valence-corrected chi connectivity index (χ4v) is 10.3. The van der Waals surface area contributed by atoms with Crippen molar-refractivity contribution in [2.24, 2.45) is 0 Å². The molecule has 0 saturated heterocycles. The largest absolute Gasteiger partial charge is 0.228 e. The zero-order valence-electron chi connectivity index (χ0n) is 34.5. The summed E-state index contributed by atoms with van der Waals surface area (Å²) in [6.07, 6.45) is 0.